The molecule has 0 saturated carbocycles. The van der Waals surface area contributed by atoms with Gasteiger partial charge in [0, 0.05) is 28.1 Å². The summed E-state index contributed by atoms with van der Waals surface area (Å²) < 4.78 is 14.8. The van der Waals surface area contributed by atoms with Gasteiger partial charge in [-0.15, -0.1) is 11.3 Å². The van der Waals surface area contributed by atoms with Gasteiger partial charge in [-0.3, -0.25) is 4.79 Å². The zero-order chi connectivity index (χ0) is 24.1. The summed E-state index contributed by atoms with van der Waals surface area (Å²) in [6.45, 7) is 5.12. The maximum Gasteiger partial charge on any atom is 0.251 e. The van der Waals surface area contributed by atoms with Gasteiger partial charge in [-0.1, -0.05) is 67.9 Å². The molecule has 0 fully saturated rings. The number of aromatic nitrogens is 1. The number of hydrogen-bond acceptors (Lipinski definition) is 4. The first-order chi connectivity index (χ1) is 16.4. The predicted octanol–water partition coefficient (Wildman–Crippen LogP) is 7.33. The lowest BCUT2D eigenvalue weighted by atomic mass is 10.1. The number of thiazole rings is 1. The maximum absolute atomic E-state index is 14.8. The smallest absolute Gasteiger partial charge is 0.251 e. The van der Waals surface area contributed by atoms with E-state index in [1.807, 2.05) is 46.7 Å². The lowest BCUT2D eigenvalue weighted by Gasteiger charge is -2.23. The maximum atomic E-state index is 14.8. The minimum absolute atomic E-state index is 0.101. The fourth-order valence-electron chi connectivity index (χ4n) is 3.45. The van der Waals surface area contributed by atoms with E-state index in [9.17, 15) is 9.18 Å². The van der Waals surface area contributed by atoms with Crippen molar-refractivity contribution < 1.29 is 9.18 Å². The van der Waals surface area contributed by atoms with Gasteiger partial charge in [-0.25, -0.2) is 9.37 Å². The summed E-state index contributed by atoms with van der Waals surface area (Å²) in [7, 11) is 0. The Balaban J connectivity index is 1.62. The highest BCUT2D eigenvalue weighted by Gasteiger charge is 2.19. The van der Waals surface area contributed by atoms with Gasteiger partial charge < -0.3 is 10.2 Å². The fourth-order valence-corrected chi connectivity index (χ4v) is 4.52. The van der Waals surface area contributed by atoms with E-state index in [1.54, 1.807) is 30.3 Å². The predicted molar refractivity (Wildman–Crippen MR) is 138 cm³/mol. The zero-order valence-electron chi connectivity index (χ0n) is 19.0. The van der Waals surface area contributed by atoms with E-state index < -0.39 is 0 Å². The molecule has 0 aliphatic rings. The number of benzene rings is 3. The molecule has 1 N–H and O–H groups in total. The second kappa shape index (κ2) is 10.8. The van der Waals surface area contributed by atoms with Crippen LogP contribution in [0.4, 0.5) is 15.2 Å². The van der Waals surface area contributed by atoms with E-state index >= 15 is 0 Å². The topological polar surface area (TPSA) is 45.2 Å². The van der Waals surface area contributed by atoms with Crippen LogP contribution in [0.1, 0.15) is 29.8 Å². The molecule has 4 nitrogen and oxygen atoms in total. The third-order valence-electron chi connectivity index (χ3n) is 5.24. The van der Waals surface area contributed by atoms with Gasteiger partial charge in [0.2, 0.25) is 0 Å². The first-order valence-electron chi connectivity index (χ1n) is 11.0. The van der Waals surface area contributed by atoms with Crippen LogP contribution in [0.25, 0.3) is 11.3 Å². The van der Waals surface area contributed by atoms with E-state index in [1.165, 1.54) is 17.4 Å². The molecule has 34 heavy (non-hydrogen) atoms. The van der Waals surface area contributed by atoms with Crippen LogP contribution in [-0.4, -0.2) is 17.4 Å². The van der Waals surface area contributed by atoms with Crippen molar-refractivity contribution in [2.45, 2.75) is 20.4 Å². The number of halogens is 2. The lowest BCUT2D eigenvalue weighted by Crippen LogP contribution is -2.27. The Hall–Kier alpha value is -3.22. The van der Waals surface area contributed by atoms with Crippen molar-refractivity contribution in [3.05, 3.63) is 100 Å². The fraction of sp³-hybridized carbons (Fsp3) is 0.185. The monoisotopic (exact) mass is 493 g/mol. The van der Waals surface area contributed by atoms with E-state index in [2.05, 4.69) is 19.2 Å². The Morgan fingerprint density at radius 2 is 1.76 bits per heavy atom. The number of rotatable bonds is 8. The number of amides is 1. The summed E-state index contributed by atoms with van der Waals surface area (Å²) in [4.78, 5) is 19.0. The van der Waals surface area contributed by atoms with Gasteiger partial charge in [0.1, 0.15) is 5.82 Å². The Kier molecular flexibility index (Phi) is 7.60. The molecule has 0 spiro atoms. The van der Waals surface area contributed by atoms with Crippen molar-refractivity contribution in [1.29, 1.82) is 0 Å². The van der Waals surface area contributed by atoms with E-state index in [0.717, 1.165) is 16.8 Å². The molecule has 3 aromatic carbocycles. The Bertz CT molecular complexity index is 1270. The van der Waals surface area contributed by atoms with Crippen LogP contribution in [-0.2, 0) is 6.54 Å². The number of carbonyl (C=O) groups excluding carboxylic acids is 1. The number of hydrogen-bond donors (Lipinski definition) is 1. The van der Waals surface area contributed by atoms with Crippen LogP contribution in [0, 0.1) is 11.7 Å². The van der Waals surface area contributed by atoms with Crippen LogP contribution in [0.5, 0.6) is 0 Å². The van der Waals surface area contributed by atoms with Gasteiger partial charge in [-0.05, 0) is 41.8 Å². The largest absolute Gasteiger partial charge is 0.352 e. The molecular formula is C27H25ClFN3OS. The molecule has 1 heterocycles. The second-order valence-corrected chi connectivity index (χ2v) is 9.58. The molecule has 1 amide bonds. The highest BCUT2D eigenvalue weighted by Crippen LogP contribution is 2.36. The minimum atomic E-state index is -0.332. The zero-order valence-corrected chi connectivity index (χ0v) is 20.5. The summed E-state index contributed by atoms with van der Waals surface area (Å²) in [6, 6.07) is 21.5. The molecule has 0 unspecified atom stereocenters. The van der Waals surface area contributed by atoms with E-state index in [4.69, 9.17) is 16.6 Å². The summed E-state index contributed by atoms with van der Waals surface area (Å²) in [6.07, 6.45) is 0. The Labute approximate surface area is 208 Å². The van der Waals surface area contributed by atoms with Crippen molar-refractivity contribution in [3.8, 4) is 11.3 Å². The van der Waals surface area contributed by atoms with Gasteiger partial charge in [-0.2, -0.15) is 0 Å². The van der Waals surface area contributed by atoms with Crippen LogP contribution in [0.3, 0.4) is 0 Å². The molecule has 4 rings (SSSR count). The van der Waals surface area contributed by atoms with Crippen LogP contribution in [0.15, 0.2) is 78.2 Å². The number of nitrogens with one attached hydrogen (secondary N) is 1. The minimum Gasteiger partial charge on any atom is -0.352 e. The van der Waals surface area contributed by atoms with Gasteiger partial charge in [0.05, 0.1) is 17.9 Å². The average molecular weight is 494 g/mol. The van der Waals surface area contributed by atoms with Crippen molar-refractivity contribution >= 4 is 39.7 Å². The van der Waals surface area contributed by atoms with E-state index in [0.29, 0.717) is 40.4 Å². The molecule has 0 saturated heterocycles. The summed E-state index contributed by atoms with van der Waals surface area (Å²) >= 11 is 7.78. The molecule has 0 bridgehead atoms. The van der Waals surface area contributed by atoms with Gasteiger partial charge in [0.15, 0.2) is 5.13 Å². The molecule has 0 aliphatic carbocycles. The standard InChI is InChI=1S/C27H25ClFN3OS/c1-18(2)15-30-26(33)20-13-11-19(12-14-20)16-32(25-10-6-5-9-23(25)29)27-31-24(17-34-27)21-7-3-4-8-22(21)28/h3-14,17-18H,15-16H2,1-2H3,(H,30,33). The highest BCUT2D eigenvalue weighted by atomic mass is 35.5. The summed E-state index contributed by atoms with van der Waals surface area (Å²) in [5, 5.41) is 6.11. The number of carbonyl (C=O) groups is 1. The SMILES string of the molecule is CC(C)CNC(=O)c1ccc(CN(c2nc(-c3ccccc3Cl)cs2)c2ccccc2F)cc1. The Morgan fingerprint density at radius 3 is 2.47 bits per heavy atom. The lowest BCUT2D eigenvalue weighted by molar-refractivity contribution is 0.0949. The van der Waals surface area contributed by atoms with Crippen molar-refractivity contribution in [1.82, 2.24) is 10.3 Å². The number of nitrogens with zero attached hydrogens (tertiary/aromatic N) is 2. The quantitative estimate of drug-likeness (QED) is 0.279. The first kappa shape index (κ1) is 23.9. The second-order valence-electron chi connectivity index (χ2n) is 8.33. The first-order valence-corrected chi connectivity index (χ1v) is 12.3. The van der Waals surface area contributed by atoms with Crippen LogP contribution < -0.4 is 10.2 Å². The van der Waals surface area contributed by atoms with Crippen LogP contribution >= 0.6 is 22.9 Å². The summed E-state index contributed by atoms with van der Waals surface area (Å²) in [5.41, 5.74) is 3.53. The average Bonchev–Trinajstić information content (AvgIpc) is 3.32. The molecule has 0 radical (unpaired) electrons. The number of anilines is 2. The van der Waals surface area contributed by atoms with Crippen molar-refractivity contribution in [2.75, 3.05) is 11.4 Å². The third kappa shape index (κ3) is 5.64. The normalized spacial score (nSPS) is 11.0. The summed E-state index contributed by atoms with van der Waals surface area (Å²) in [5.74, 6) is -0.0521. The molecular weight excluding hydrogens is 469 g/mol. The van der Waals surface area contributed by atoms with Crippen molar-refractivity contribution in [2.24, 2.45) is 5.92 Å². The molecule has 7 heteroatoms. The molecule has 1 aromatic heterocycles. The van der Waals surface area contributed by atoms with Gasteiger partial charge >= 0.3 is 0 Å². The highest BCUT2D eigenvalue weighted by molar-refractivity contribution is 7.14. The number of para-hydroxylation sites is 1. The Morgan fingerprint density at radius 1 is 1.06 bits per heavy atom. The molecule has 0 aliphatic heterocycles. The van der Waals surface area contributed by atoms with Crippen LogP contribution in [0.2, 0.25) is 5.02 Å². The molecule has 4 aromatic rings. The molecule has 0 atom stereocenters. The van der Waals surface area contributed by atoms with Crippen molar-refractivity contribution in [3.63, 3.8) is 0 Å². The molecule has 174 valence electrons. The third-order valence-corrected chi connectivity index (χ3v) is 6.44. The van der Waals surface area contributed by atoms with Gasteiger partial charge in [0.25, 0.3) is 5.91 Å². The van der Waals surface area contributed by atoms with E-state index in [-0.39, 0.29) is 11.7 Å².